The maximum absolute atomic E-state index is 9.70. The van der Waals surface area contributed by atoms with Gasteiger partial charge in [-0.1, -0.05) is 41.5 Å². The van der Waals surface area contributed by atoms with Gasteiger partial charge in [-0.3, -0.25) is 0 Å². The van der Waals surface area contributed by atoms with E-state index in [2.05, 4.69) is 51.5 Å². The first-order valence-corrected chi connectivity index (χ1v) is 15.7. The van der Waals surface area contributed by atoms with Crippen LogP contribution in [-0.2, 0) is 30.3 Å². The minimum atomic E-state index is -0.826. The first-order valence-electron chi connectivity index (χ1n) is 9.41. The zero-order valence-electron chi connectivity index (χ0n) is 18.1. The van der Waals surface area contributed by atoms with Crippen molar-refractivity contribution in [2.24, 2.45) is 26.2 Å². The Kier molecular flexibility index (Phi) is 9.50. The van der Waals surface area contributed by atoms with Gasteiger partial charge in [0.25, 0.3) is 0 Å². The SMILES string of the molecule is CC(C)(C1=NC(CO)C(C(C)(C)C)O1)C1=NC(CO)C(C(C)(C)C)O1.[Cl][Zr][Cl]. The molecule has 0 saturated carbocycles. The summed E-state index contributed by atoms with van der Waals surface area (Å²) in [5.41, 5.74) is -0.940. The van der Waals surface area contributed by atoms with E-state index in [4.69, 9.17) is 26.5 Å². The zero-order valence-corrected chi connectivity index (χ0v) is 22.1. The second-order valence-electron chi connectivity index (χ2n) is 9.87. The maximum atomic E-state index is 9.70. The number of hydrogen-bond donors (Lipinski definition) is 2. The van der Waals surface area contributed by atoms with E-state index in [-0.39, 0.29) is 48.3 Å². The summed E-state index contributed by atoms with van der Waals surface area (Å²) in [6.45, 7) is 16.3. The van der Waals surface area contributed by atoms with Crippen molar-refractivity contribution in [2.45, 2.75) is 79.7 Å². The molecule has 0 bridgehead atoms. The third-order valence-electron chi connectivity index (χ3n) is 4.89. The molecule has 2 aliphatic heterocycles. The summed E-state index contributed by atoms with van der Waals surface area (Å²) >= 11 is -0.826. The van der Waals surface area contributed by atoms with Gasteiger partial charge in [0.15, 0.2) is 11.8 Å². The van der Waals surface area contributed by atoms with Crippen LogP contribution in [0.5, 0.6) is 0 Å². The molecule has 0 aromatic carbocycles. The molecule has 0 radical (unpaired) electrons. The third-order valence-corrected chi connectivity index (χ3v) is 4.89. The van der Waals surface area contributed by atoms with Gasteiger partial charge >= 0.3 is 37.9 Å². The van der Waals surface area contributed by atoms with Crippen molar-refractivity contribution < 1.29 is 40.5 Å². The molecule has 0 fully saturated rings. The average Bonchev–Trinajstić information content (AvgIpc) is 3.19. The Labute approximate surface area is 187 Å². The number of nitrogens with zero attached hydrogens (tertiary/aromatic N) is 2. The molecule has 2 rings (SSSR count). The van der Waals surface area contributed by atoms with Crippen molar-refractivity contribution in [3.63, 3.8) is 0 Å². The van der Waals surface area contributed by atoms with Crippen LogP contribution in [-0.4, -0.2) is 59.5 Å². The third kappa shape index (κ3) is 6.17. The normalized spacial score (nSPS) is 27.9. The van der Waals surface area contributed by atoms with Crippen molar-refractivity contribution >= 4 is 28.8 Å². The first-order chi connectivity index (χ1) is 12.7. The van der Waals surface area contributed by atoms with Crippen molar-refractivity contribution in [3.05, 3.63) is 0 Å². The Bertz CT molecular complexity index is 537. The molecule has 0 aromatic heterocycles. The van der Waals surface area contributed by atoms with Crippen LogP contribution in [0.15, 0.2) is 9.98 Å². The molecule has 0 aliphatic carbocycles. The fourth-order valence-electron chi connectivity index (χ4n) is 3.38. The predicted octanol–water partition coefficient (Wildman–Crippen LogP) is 3.80. The summed E-state index contributed by atoms with van der Waals surface area (Å²) in [5, 5.41) is 19.4. The number of hydrogen-bond acceptors (Lipinski definition) is 6. The van der Waals surface area contributed by atoms with E-state index in [9.17, 15) is 10.2 Å². The fourth-order valence-corrected chi connectivity index (χ4v) is 3.38. The van der Waals surface area contributed by atoms with Crippen LogP contribution >= 0.6 is 17.0 Å². The molecule has 0 spiro atoms. The van der Waals surface area contributed by atoms with Crippen LogP contribution in [0.1, 0.15) is 55.4 Å². The van der Waals surface area contributed by atoms with Crippen LogP contribution in [0.3, 0.4) is 0 Å². The van der Waals surface area contributed by atoms with Gasteiger partial charge in [-0.05, 0) is 13.8 Å². The number of rotatable bonds is 4. The summed E-state index contributed by atoms with van der Waals surface area (Å²) < 4.78 is 12.3. The molecular weight excluding hydrogens is 482 g/mol. The molecule has 0 amide bonds. The van der Waals surface area contributed by atoms with E-state index < -0.39 is 26.3 Å². The number of aliphatic imine (C=N–C) groups is 2. The van der Waals surface area contributed by atoms with Gasteiger partial charge in [0.1, 0.15) is 29.7 Å². The van der Waals surface area contributed by atoms with Gasteiger partial charge in [0, 0.05) is 10.8 Å². The second-order valence-corrected chi connectivity index (χ2v) is 13.6. The van der Waals surface area contributed by atoms with Crippen molar-refractivity contribution in [3.8, 4) is 0 Å². The van der Waals surface area contributed by atoms with Gasteiger partial charge in [-0.15, -0.1) is 0 Å². The van der Waals surface area contributed by atoms with Crippen molar-refractivity contribution in [2.75, 3.05) is 13.2 Å². The van der Waals surface area contributed by atoms with Crippen LogP contribution in [0.4, 0.5) is 0 Å². The molecular formula is C19H34Cl2N2O4Zr. The van der Waals surface area contributed by atoms with Gasteiger partial charge in [-0.25, -0.2) is 9.98 Å². The summed E-state index contributed by atoms with van der Waals surface area (Å²) in [7, 11) is 9.87. The Morgan fingerprint density at radius 2 is 1.07 bits per heavy atom. The van der Waals surface area contributed by atoms with E-state index in [1.807, 2.05) is 13.8 Å². The topological polar surface area (TPSA) is 83.6 Å². The van der Waals surface area contributed by atoms with Crippen LogP contribution in [0.2, 0.25) is 0 Å². The fraction of sp³-hybridized carbons (Fsp3) is 0.895. The molecule has 0 aromatic rings. The van der Waals surface area contributed by atoms with Gasteiger partial charge in [0.05, 0.1) is 13.2 Å². The summed E-state index contributed by atoms with van der Waals surface area (Å²) in [6.07, 6.45) is -0.387. The number of aliphatic hydroxyl groups is 2. The molecule has 9 heteroatoms. The summed E-state index contributed by atoms with van der Waals surface area (Å²) in [4.78, 5) is 9.26. The van der Waals surface area contributed by atoms with Gasteiger partial charge in [-0.2, -0.15) is 0 Å². The monoisotopic (exact) mass is 514 g/mol. The van der Waals surface area contributed by atoms with E-state index in [1.54, 1.807) is 0 Å². The molecule has 2 aliphatic rings. The van der Waals surface area contributed by atoms with E-state index in [1.165, 1.54) is 0 Å². The molecule has 28 heavy (non-hydrogen) atoms. The zero-order chi connectivity index (χ0) is 21.9. The van der Waals surface area contributed by atoms with Crippen molar-refractivity contribution in [1.29, 1.82) is 0 Å². The number of ether oxygens (including phenoxy) is 2. The second kappa shape index (κ2) is 10.1. The minimum absolute atomic E-state index is 0.0568. The van der Waals surface area contributed by atoms with E-state index in [0.717, 1.165) is 0 Å². The van der Waals surface area contributed by atoms with Gasteiger partial charge in [0.2, 0.25) is 0 Å². The summed E-state index contributed by atoms with van der Waals surface area (Å²) in [5.74, 6) is 1.08. The summed E-state index contributed by atoms with van der Waals surface area (Å²) in [6, 6.07) is -0.577. The van der Waals surface area contributed by atoms with Crippen LogP contribution in [0, 0.1) is 16.2 Å². The van der Waals surface area contributed by atoms with E-state index >= 15 is 0 Å². The molecule has 4 atom stereocenters. The average molecular weight is 517 g/mol. The van der Waals surface area contributed by atoms with Crippen LogP contribution in [0.25, 0.3) is 0 Å². The quantitative estimate of drug-likeness (QED) is 0.596. The van der Waals surface area contributed by atoms with Crippen molar-refractivity contribution in [1.82, 2.24) is 0 Å². The van der Waals surface area contributed by atoms with Gasteiger partial charge < -0.3 is 19.7 Å². The molecule has 162 valence electrons. The molecule has 4 unspecified atom stereocenters. The Hall–Kier alpha value is 0.323. The molecule has 2 heterocycles. The Balaban J connectivity index is 0.00000122. The Morgan fingerprint density at radius 1 is 0.786 bits per heavy atom. The van der Waals surface area contributed by atoms with Crippen LogP contribution < -0.4 is 0 Å². The first kappa shape index (κ1) is 26.4. The predicted molar refractivity (Wildman–Crippen MR) is 111 cm³/mol. The van der Waals surface area contributed by atoms with E-state index in [0.29, 0.717) is 11.8 Å². The number of halogens is 2. The molecule has 2 N–H and O–H groups in total. The number of aliphatic hydroxyl groups excluding tert-OH is 2. The Morgan fingerprint density at radius 3 is 1.25 bits per heavy atom. The standard InChI is InChI=1S/C19H34N2O4.2ClH.Zr/c1-17(2,3)13-11(9-22)20-15(24-13)19(7,8)16-21-12(10-23)14(25-16)18(4,5)6;;;/h11-14,22-23H,9-10H2,1-8H3;2*1H;/q;;;+2/p-2. The molecule has 0 saturated heterocycles. The molecule has 6 nitrogen and oxygen atoms in total.